The summed E-state index contributed by atoms with van der Waals surface area (Å²) in [6.07, 6.45) is 1.11. The van der Waals surface area contributed by atoms with Gasteiger partial charge in [0.05, 0.1) is 0 Å². The highest BCUT2D eigenvalue weighted by Crippen LogP contribution is 2.18. The van der Waals surface area contributed by atoms with Gasteiger partial charge in [-0.2, -0.15) is 0 Å². The van der Waals surface area contributed by atoms with Crippen molar-refractivity contribution in [2.24, 2.45) is 0 Å². The van der Waals surface area contributed by atoms with Crippen LogP contribution in [0.25, 0.3) is 0 Å². The summed E-state index contributed by atoms with van der Waals surface area (Å²) in [6.45, 7) is 9.07. The molecule has 0 amide bonds. The van der Waals surface area contributed by atoms with Crippen LogP contribution in [0.2, 0.25) is 0 Å². The van der Waals surface area contributed by atoms with E-state index in [2.05, 4.69) is 27.1 Å². The predicted molar refractivity (Wildman–Crippen MR) is 73.2 cm³/mol. The quantitative estimate of drug-likeness (QED) is 0.839. The second kappa shape index (κ2) is 5.52. The summed E-state index contributed by atoms with van der Waals surface area (Å²) in [4.78, 5) is 21.3. The number of aromatic nitrogens is 2. The first kappa shape index (κ1) is 13.1. The minimum absolute atomic E-state index is 0.0619. The molecule has 1 fully saturated rings. The average molecular weight is 250 g/mol. The number of hydrogen-bond acceptors (Lipinski definition) is 4. The topological polar surface area (TPSA) is 61.0 Å². The smallest absolute Gasteiger partial charge is 0.252 e. The summed E-state index contributed by atoms with van der Waals surface area (Å²) < 4.78 is 0. The molecule has 0 aliphatic carbocycles. The summed E-state index contributed by atoms with van der Waals surface area (Å²) in [6, 6.07) is 2.05. The molecule has 1 aliphatic heterocycles. The number of nitrogens with one attached hydrogen (secondary N) is 2. The Labute approximate surface area is 108 Å². The maximum Gasteiger partial charge on any atom is 0.252 e. The standard InChI is InChI=1S/C13H22N4O/c1-4-17(10-5-6-14-8-10)11-7-12(18)16-13(15-11)9(2)3/h7,9-10,14H,4-6,8H2,1-3H3,(H,15,16,18). The van der Waals surface area contributed by atoms with E-state index in [0.29, 0.717) is 6.04 Å². The maximum absolute atomic E-state index is 11.7. The van der Waals surface area contributed by atoms with E-state index in [1.165, 1.54) is 0 Å². The van der Waals surface area contributed by atoms with E-state index in [9.17, 15) is 4.79 Å². The molecule has 0 bridgehead atoms. The summed E-state index contributed by atoms with van der Waals surface area (Å²) in [5.74, 6) is 1.80. The molecule has 2 rings (SSSR count). The summed E-state index contributed by atoms with van der Waals surface area (Å²) in [5, 5.41) is 3.35. The molecular formula is C13H22N4O. The number of anilines is 1. The molecule has 0 aromatic carbocycles. The molecule has 100 valence electrons. The molecule has 2 N–H and O–H groups in total. The fourth-order valence-electron chi connectivity index (χ4n) is 2.40. The van der Waals surface area contributed by atoms with Crippen LogP contribution in [0.4, 0.5) is 5.82 Å². The molecule has 5 nitrogen and oxygen atoms in total. The van der Waals surface area contributed by atoms with E-state index in [4.69, 9.17) is 0 Å². The van der Waals surface area contributed by atoms with Gasteiger partial charge in [-0.15, -0.1) is 0 Å². The molecule has 1 saturated heterocycles. The van der Waals surface area contributed by atoms with Crippen molar-refractivity contribution in [3.8, 4) is 0 Å². The van der Waals surface area contributed by atoms with Crippen LogP contribution in [0.5, 0.6) is 0 Å². The fourth-order valence-corrected chi connectivity index (χ4v) is 2.40. The zero-order chi connectivity index (χ0) is 13.1. The second-order valence-corrected chi connectivity index (χ2v) is 5.08. The van der Waals surface area contributed by atoms with Gasteiger partial charge >= 0.3 is 0 Å². The average Bonchev–Trinajstić information content (AvgIpc) is 2.83. The molecule has 1 aliphatic rings. The van der Waals surface area contributed by atoms with Gasteiger partial charge in [0, 0.05) is 31.1 Å². The van der Waals surface area contributed by atoms with Gasteiger partial charge in [0.1, 0.15) is 11.6 Å². The summed E-state index contributed by atoms with van der Waals surface area (Å²) in [5.41, 5.74) is -0.0619. The van der Waals surface area contributed by atoms with Gasteiger partial charge in [0.25, 0.3) is 5.56 Å². The minimum atomic E-state index is -0.0619. The third kappa shape index (κ3) is 2.72. The van der Waals surface area contributed by atoms with Gasteiger partial charge in [-0.3, -0.25) is 4.79 Å². The van der Waals surface area contributed by atoms with Gasteiger partial charge in [0.15, 0.2) is 0 Å². The Morgan fingerprint density at radius 3 is 2.89 bits per heavy atom. The van der Waals surface area contributed by atoms with Gasteiger partial charge in [-0.1, -0.05) is 13.8 Å². The molecular weight excluding hydrogens is 228 g/mol. The number of likely N-dealkylation sites (N-methyl/N-ethyl adjacent to an activating group) is 1. The van der Waals surface area contributed by atoms with Gasteiger partial charge in [0.2, 0.25) is 0 Å². The van der Waals surface area contributed by atoms with Crippen LogP contribution < -0.4 is 15.8 Å². The predicted octanol–water partition coefficient (Wildman–Crippen LogP) is 1.08. The van der Waals surface area contributed by atoms with Crippen LogP contribution >= 0.6 is 0 Å². The molecule has 2 heterocycles. The van der Waals surface area contributed by atoms with Crippen molar-refractivity contribution in [2.45, 2.75) is 39.2 Å². The van der Waals surface area contributed by atoms with Crippen molar-refractivity contribution >= 4 is 5.82 Å². The zero-order valence-electron chi connectivity index (χ0n) is 11.4. The molecule has 0 saturated carbocycles. The SMILES string of the molecule is CCN(c1cc(=O)[nH]c(C(C)C)n1)C1CCNC1. The number of rotatable bonds is 4. The monoisotopic (exact) mass is 250 g/mol. The van der Waals surface area contributed by atoms with Crippen LogP contribution in [0, 0.1) is 0 Å². The third-order valence-electron chi connectivity index (χ3n) is 3.40. The normalized spacial score (nSPS) is 19.4. The summed E-state index contributed by atoms with van der Waals surface area (Å²) in [7, 11) is 0. The molecule has 18 heavy (non-hydrogen) atoms. The molecule has 1 atom stereocenters. The first-order valence-electron chi connectivity index (χ1n) is 6.70. The van der Waals surface area contributed by atoms with E-state index < -0.39 is 0 Å². The van der Waals surface area contributed by atoms with Crippen LogP contribution in [-0.2, 0) is 0 Å². The maximum atomic E-state index is 11.7. The number of hydrogen-bond donors (Lipinski definition) is 2. The first-order chi connectivity index (χ1) is 8.61. The van der Waals surface area contributed by atoms with Crippen LogP contribution in [-0.4, -0.2) is 35.6 Å². The largest absolute Gasteiger partial charge is 0.352 e. The van der Waals surface area contributed by atoms with Crippen molar-refractivity contribution < 1.29 is 0 Å². The number of nitrogens with zero attached hydrogens (tertiary/aromatic N) is 2. The van der Waals surface area contributed by atoms with Crippen molar-refractivity contribution in [1.82, 2.24) is 15.3 Å². The molecule has 0 spiro atoms. The highest BCUT2D eigenvalue weighted by Gasteiger charge is 2.23. The Morgan fingerprint density at radius 2 is 2.33 bits per heavy atom. The lowest BCUT2D eigenvalue weighted by atomic mass is 10.2. The first-order valence-corrected chi connectivity index (χ1v) is 6.70. The number of aromatic amines is 1. The Kier molecular flexibility index (Phi) is 4.01. The van der Waals surface area contributed by atoms with Crippen molar-refractivity contribution in [2.75, 3.05) is 24.5 Å². The van der Waals surface area contributed by atoms with Crippen LogP contribution in [0.3, 0.4) is 0 Å². The van der Waals surface area contributed by atoms with E-state index in [1.54, 1.807) is 6.07 Å². The summed E-state index contributed by atoms with van der Waals surface area (Å²) >= 11 is 0. The van der Waals surface area contributed by atoms with Crippen molar-refractivity contribution in [3.63, 3.8) is 0 Å². The number of H-pyrrole nitrogens is 1. The van der Waals surface area contributed by atoms with E-state index in [0.717, 1.165) is 37.7 Å². The lowest BCUT2D eigenvalue weighted by molar-refractivity contribution is 0.633. The van der Waals surface area contributed by atoms with Gasteiger partial charge in [-0.25, -0.2) is 4.98 Å². The lowest BCUT2D eigenvalue weighted by Crippen LogP contribution is -2.38. The second-order valence-electron chi connectivity index (χ2n) is 5.08. The zero-order valence-corrected chi connectivity index (χ0v) is 11.4. The highest BCUT2D eigenvalue weighted by molar-refractivity contribution is 5.39. The van der Waals surface area contributed by atoms with E-state index in [1.807, 2.05) is 13.8 Å². The Bertz CT molecular complexity index is 449. The fraction of sp³-hybridized carbons (Fsp3) is 0.692. The highest BCUT2D eigenvalue weighted by atomic mass is 16.1. The molecule has 1 aromatic rings. The molecule has 1 unspecified atom stereocenters. The third-order valence-corrected chi connectivity index (χ3v) is 3.40. The lowest BCUT2D eigenvalue weighted by Gasteiger charge is -2.28. The van der Waals surface area contributed by atoms with Crippen molar-refractivity contribution in [3.05, 3.63) is 22.2 Å². The van der Waals surface area contributed by atoms with Crippen molar-refractivity contribution in [1.29, 1.82) is 0 Å². The Morgan fingerprint density at radius 1 is 1.56 bits per heavy atom. The van der Waals surface area contributed by atoms with Crippen LogP contribution in [0.15, 0.2) is 10.9 Å². The molecule has 5 heteroatoms. The van der Waals surface area contributed by atoms with Crippen LogP contribution in [0.1, 0.15) is 38.9 Å². The van der Waals surface area contributed by atoms with E-state index in [-0.39, 0.29) is 11.5 Å². The molecule has 0 radical (unpaired) electrons. The Hall–Kier alpha value is -1.36. The van der Waals surface area contributed by atoms with E-state index >= 15 is 0 Å². The minimum Gasteiger partial charge on any atom is -0.352 e. The Balaban J connectivity index is 2.32. The van der Waals surface area contributed by atoms with Gasteiger partial charge < -0.3 is 15.2 Å². The van der Waals surface area contributed by atoms with Gasteiger partial charge in [-0.05, 0) is 19.9 Å². The molecule has 1 aromatic heterocycles.